The van der Waals surface area contributed by atoms with E-state index in [-0.39, 0.29) is 35.3 Å². The standard InChI is InChI=1S/C21H26N6O6S2.ClH/c1-26-7-9-27(10-8-26)35(32,33)15-3-5-18(24-13-15)19-16-12-14(2-4-17(16)25-21(19)29)20(28)23-6-11-34(22,30)31;/h2-5,12-13,25,29H,6-11H2,1H3,(H,23,28)(H2,22,30,31);1H. The van der Waals surface area contributed by atoms with Crippen molar-refractivity contribution in [1.29, 1.82) is 0 Å². The largest absolute Gasteiger partial charge is 0.494 e. The molecule has 196 valence electrons. The van der Waals surface area contributed by atoms with Crippen LogP contribution in [0, 0.1) is 0 Å². The second-order valence-corrected chi connectivity index (χ2v) is 12.0. The number of fused-ring (bicyclic) bond motifs is 1. The van der Waals surface area contributed by atoms with Crippen molar-refractivity contribution >= 4 is 49.3 Å². The van der Waals surface area contributed by atoms with Crippen molar-refractivity contribution in [3.05, 3.63) is 42.1 Å². The summed E-state index contributed by atoms with van der Waals surface area (Å²) in [5.41, 5.74) is 1.40. The van der Waals surface area contributed by atoms with Crippen molar-refractivity contribution in [3.8, 4) is 17.1 Å². The van der Waals surface area contributed by atoms with Crippen molar-refractivity contribution in [2.24, 2.45) is 5.14 Å². The first-order valence-electron chi connectivity index (χ1n) is 10.7. The molecular formula is C21H27ClN6O6S2. The van der Waals surface area contributed by atoms with E-state index in [4.69, 9.17) is 5.14 Å². The SMILES string of the molecule is CN1CCN(S(=O)(=O)c2ccc(-c3c(O)[nH]c4ccc(C(=O)NCCS(N)(=O)=O)cc34)nc2)CC1.Cl. The van der Waals surface area contributed by atoms with Crippen molar-refractivity contribution in [3.63, 3.8) is 0 Å². The Morgan fingerprint density at radius 2 is 1.83 bits per heavy atom. The minimum atomic E-state index is -3.71. The smallest absolute Gasteiger partial charge is 0.251 e. The van der Waals surface area contributed by atoms with E-state index in [1.54, 1.807) is 6.07 Å². The molecule has 0 spiro atoms. The molecule has 3 heterocycles. The number of carbonyl (C=O) groups is 1. The number of primary sulfonamides is 1. The van der Waals surface area contributed by atoms with Crippen LogP contribution in [-0.4, -0.2) is 92.5 Å². The molecule has 0 radical (unpaired) electrons. The number of carbonyl (C=O) groups excluding carboxylic acids is 1. The molecule has 1 saturated heterocycles. The number of amides is 1. The van der Waals surface area contributed by atoms with Crippen molar-refractivity contribution in [2.45, 2.75) is 4.90 Å². The highest BCUT2D eigenvalue weighted by atomic mass is 35.5. The second kappa shape index (κ2) is 10.7. The average Bonchev–Trinajstić information content (AvgIpc) is 3.13. The van der Waals surface area contributed by atoms with Gasteiger partial charge in [0.05, 0.1) is 17.0 Å². The Kier molecular flexibility index (Phi) is 8.27. The number of pyridine rings is 1. The number of aromatic amines is 1. The molecule has 0 atom stereocenters. The molecule has 3 aromatic rings. The van der Waals surface area contributed by atoms with Gasteiger partial charge in [-0.1, -0.05) is 0 Å². The topological polar surface area (TPSA) is 179 Å². The summed E-state index contributed by atoms with van der Waals surface area (Å²) in [6, 6.07) is 7.60. The van der Waals surface area contributed by atoms with Crippen LogP contribution < -0.4 is 10.5 Å². The lowest BCUT2D eigenvalue weighted by Gasteiger charge is -2.31. The Morgan fingerprint density at radius 3 is 2.44 bits per heavy atom. The number of nitrogens with zero attached hydrogens (tertiary/aromatic N) is 3. The summed E-state index contributed by atoms with van der Waals surface area (Å²) < 4.78 is 49.5. The molecule has 5 N–H and O–H groups in total. The number of sulfonamides is 2. The van der Waals surface area contributed by atoms with E-state index in [0.717, 1.165) is 0 Å². The van der Waals surface area contributed by atoms with Crippen LogP contribution >= 0.6 is 12.4 Å². The maximum atomic E-state index is 13.0. The quantitative estimate of drug-likeness (QED) is 0.320. The molecule has 36 heavy (non-hydrogen) atoms. The summed E-state index contributed by atoms with van der Waals surface area (Å²) in [5, 5.41) is 18.4. The van der Waals surface area contributed by atoms with E-state index in [2.05, 4.69) is 20.2 Å². The number of hydrogen-bond donors (Lipinski definition) is 4. The fourth-order valence-corrected chi connectivity index (χ4v) is 5.60. The van der Waals surface area contributed by atoms with E-state index >= 15 is 0 Å². The highest BCUT2D eigenvalue weighted by molar-refractivity contribution is 7.89. The van der Waals surface area contributed by atoms with Gasteiger partial charge in [-0.15, -0.1) is 12.4 Å². The van der Waals surface area contributed by atoms with Crippen molar-refractivity contribution < 1.29 is 26.7 Å². The third kappa shape index (κ3) is 5.96. The number of nitrogens with two attached hydrogens (primary N) is 1. The number of aromatic nitrogens is 2. The number of halogens is 1. The van der Waals surface area contributed by atoms with Gasteiger partial charge in [-0.05, 0) is 37.4 Å². The molecule has 1 aromatic carbocycles. The van der Waals surface area contributed by atoms with Gasteiger partial charge in [0.1, 0.15) is 4.90 Å². The van der Waals surface area contributed by atoms with Gasteiger partial charge >= 0.3 is 0 Å². The van der Waals surface area contributed by atoms with Crippen LogP contribution in [0.4, 0.5) is 0 Å². The lowest BCUT2D eigenvalue weighted by atomic mass is 10.1. The monoisotopic (exact) mass is 558 g/mol. The Morgan fingerprint density at radius 1 is 1.14 bits per heavy atom. The molecule has 0 bridgehead atoms. The Labute approximate surface area is 215 Å². The summed E-state index contributed by atoms with van der Waals surface area (Å²) in [4.78, 5) is 21.7. The molecule has 1 fully saturated rings. The number of hydrogen-bond acceptors (Lipinski definition) is 8. The molecule has 0 unspecified atom stereocenters. The van der Waals surface area contributed by atoms with Crippen LogP contribution in [0.5, 0.6) is 5.88 Å². The maximum Gasteiger partial charge on any atom is 0.251 e. The zero-order chi connectivity index (χ0) is 25.4. The zero-order valence-corrected chi connectivity index (χ0v) is 21.8. The van der Waals surface area contributed by atoms with Gasteiger partial charge in [0.2, 0.25) is 20.0 Å². The average molecular weight is 559 g/mol. The summed E-state index contributed by atoms with van der Waals surface area (Å²) >= 11 is 0. The third-order valence-corrected chi connectivity index (χ3v) is 8.46. The number of nitrogens with one attached hydrogen (secondary N) is 2. The summed E-state index contributed by atoms with van der Waals surface area (Å²) in [6.07, 6.45) is 1.26. The highest BCUT2D eigenvalue weighted by Gasteiger charge is 2.28. The minimum absolute atomic E-state index is 0. The molecular weight excluding hydrogens is 532 g/mol. The lowest BCUT2D eigenvalue weighted by Crippen LogP contribution is -2.47. The normalized spacial score (nSPS) is 15.5. The van der Waals surface area contributed by atoms with Crippen LogP contribution in [0.1, 0.15) is 10.4 Å². The number of rotatable bonds is 7. The summed E-state index contributed by atoms with van der Waals surface area (Å²) in [7, 11) is -5.46. The van der Waals surface area contributed by atoms with Gasteiger partial charge in [-0.2, -0.15) is 4.31 Å². The number of aromatic hydroxyl groups is 1. The first kappa shape index (κ1) is 27.8. The fourth-order valence-electron chi connectivity index (χ4n) is 3.85. The van der Waals surface area contributed by atoms with Crippen molar-refractivity contribution in [2.75, 3.05) is 45.5 Å². The number of H-pyrrole nitrogens is 1. The van der Waals surface area contributed by atoms with E-state index in [9.17, 15) is 26.7 Å². The van der Waals surface area contributed by atoms with Gasteiger partial charge in [-0.25, -0.2) is 22.0 Å². The van der Waals surface area contributed by atoms with Crippen LogP contribution in [-0.2, 0) is 20.0 Å². The van der Waals surface area contributed by atoms with Gasteiger partial charge in [0, 0.05) is 55.4 Å². The number of likely N-dealkylation sites (N-methyl/N-ethyl adjacent to an activating group) is 1. The fraction of sp³-hybridized carbons (Fsp3) is 0.333. The predicted octanol–water partition coefficient (Wildman–Crippen LogP) is 0.312. The summed E-state index contributed by atoms with van der Waals surface area (Å²) in [6.45, 7) is 1.93. The van der Waals surface area contributed by atoms with E-state index in [1.165, 1.54) is 34.8 Å². The highest BCUT2D eigenvalue weighted by Crippen LogP contribution is 2.36. The second-order valence-electron chi connectivity index (χ2n) is 8.32. The summed E-state index contributed by atoms with van der Waals surface area (Å²) in [5.74, 6) is -1.09. The van der Waals surface area contributed by atoms with Gasteiger partial charge < -0.3 is 20.3 Å². The van der Waals surface area contributed by atoms with Gasteiger partial charge in [0.15, 0.2) is 5.88 Å². The van der Waals surface area contributed by atoms with Crippen LogP contribution in [0.2, 0.25) is 0 Å². The Hall–Kier alpha value is -2.75. The van der Waals surface area contributed by atoms with Crippen LogP contribution in [0.15, 0.2) is 41.4 Å². The number of piperazine rings is 1. The molecule has 4 rings (SSSR count). The molecule has 12 nitrogen and oxygen atoms in total. The molecule has 1 aliphatic rings. The van der Waals surface area contributed by atoms with E-state index in [1.807, 2.05) is 7.05 Å². The molecule has 1 amide bonds. The maximum absolute atomic E-state index is 13.0. The molecule has 15 heteroatoms. The Balaban J connectivity index is 0.00000361. The van der Waals surface area contributed by atoms with Crippen LogP contribution in [0.25, 0.3) is 22.2 Å². The van der Waals surface area contributed by atoms with Crippen molar-refractivity contribution in [1.82, 2.24) is 24.5 Å². The van der Waals surface area contributed by atoms with E-state index in [0.29, 0.717) is 48.3 Å². The Bertz CT molecular complexity index is 1470. The molecule has 0 aliphatic carbocycles. The van der Waals surface area contributed by atoms with Gasteiger partial charge in [0.25, 0.3) is 5.91 Å². The van der Waals surface area contributed by atoms with Crippen LogP contribution in [0.3, 0.4) is 0 Å². The minimum Gasteiger partial charge on any atom is -0.494 e. The molecule has 2 aromatic heterocycles. The third-order valence-electron chi connectivity index (χ3n) is 5.81. The molecule has 0 saturated carbocycles. The predicted molar refractivity (Wildman–Crippen MR) is 137 cm³/mol. The zero-order valence-electron chi connectivity index (χ0n) is 19.3. The van der Waals surface area contributed by atoms with Gasteiger partial charge in [-0.3, -0.25) is 9.78 Å². The van der Waals surface area contributed by atoms with E-state index < -0.39 is 31.7 Å². The number of benzene rings is 1. The first-order chi connectivity index (χ1) is 16.5. The molecule has 1 aliphatic heterocycles. The first-order valence-corrected chi connectivity index (χ1v) is 13.9. The lowest BCUT2D eigenvalue weighted by molar-refractivity contribution is 0.0956.